The third-order valence-corrected chi connectivity index (χ3v) is 3.21. The molecular weight excluding hydrogens is 236 g/mol. The summed E-state index contributed by atoms with van der Waals surface area (Å²) in [5, 5.41) is 6.03. The topological polar surface area (TPSA) is 41.1 Å². The first-order valence-electron chi connectivity index (χ1n) is 6.82. The van der Waals surface area contributed by atoms with E-state index in [1.54, 1.807) is 6.08 Å². The summed E-state index contributed by atoms with van der Waals surface area (Å²) in [4.78, 5) is 11.6. The maximum absolute atomic E-state index is 11.6. The van der Waals surface area contributed by atoms with Crippen LogP contribution >= 0.6 is 0 Å². The van der Waals surface area contributed by atoms with E-state index in [9.17, 15) is 4.79 Å². The molecule has 1 rings (SSSR count). The van der Waals surface area contributed by atoms with Gasteiger partial charge in [0.15, 0.2) is 0 Å². The lowest BCUT2D eigenvalue weighted by atomic mass is 9.98. The van der Waals surface area contributed by atoms with E-state index in [0.29, 0.717) is 12.5 Å². The summed E-state index contributed by atoms with van der Waals surface area (Å²) in [6.45, 7) is 9.02. The molecule has 0 spiro atoms. The minimum absolute atomic E-state index is 0.0206. The van der Waals surface area contributed by atoms with Gasteiger partial charge < -0.3 is 10.6 Å². The molecular formula is C16H24N2O. The van der Waals surface area contributed by atoms with E-state index in [1.165, 1.54) is 5.56 Å². The van der Waals surface area contributed by atoms with Crippen LogP contribution in [-0.4, -0.2) is 25.0 Å². The predicted molar refractivity (Wildman–Crippen MR) is 80.1 cm³/mol. The molecule has 2 N–H and O–H groups in total. The Morgan fingerprint density at radius 2 is 2.00 bits per heavy atom. The van der Waals surface area contributed by atoms with Crippen LogP contribution in [-0.2, 0) is 4.79 Å². The number of carbonyl (C=O) groups excluding carboxylic acids is 1. The van der Waals surface area contributed by atoms with E-state index in [0.717, 1.165) is 13.0 Å². The third-order valence-electron chi connectivity index (χ3n) is 3.21. The molecule has 1 aromatic carbocycles. The lowest BCUT2D eigenvalue weighted by Crippen LogP contribution is -2.42. The van der Waals surface area contributed by atoms with Crippen molar-refractivity contribution in [3.8, 4) is 0 Å². The highest BCUT2D eigenvalue weighted by atomic mass is 16.2. The maximum atomic E-state index is 11.6. The van der Waals surface area contributed by atoms with Gasteiger partial charge in [-0.05, 0) is 31.4 Å². The third kappa shape index (κ3) is 5.71. The van der Waals surface area contributed by atoms with Crippen molar-refractivity contribution in [2.75, 3.05) is 13.1 Å². The Bertz CT molecular complexity index is 389. The average Bonchev–Trinajstić information content (AvgIpc) is 2.45. The summed E-state index contributed by atoms with van der Waals surface area (Å²) >= 11 is 0. The summed E-state index contributed by atoms with van der Waals surface area (Å²) in [6, 6.07) is 10.3. The first-order valence-corrected chi connectivity index (χ1v) is 6.82. The zero-order chi connectivity index (χ0) is 14.1. The quantitative estimate of drug-likeness (QED) is 0.705. The molecule has 0 aliphatic heterocycles. The fraction of sp³-hybridized carbons (Fsp3) is 0.438. The second-order valence-corrected chi connectivity index (χ2v) is 4.81. The Balaban J connectivity index is 2.26. The zero-order valence-electron chi connectivity index (χ0n) is 11.9. The monoisotopic (exact) mass is 260 g/mol. The van der Waals surface area contributed by atoms with E-state index < -0.39 is 0 Å². The second kappa shape index (κ2) is 8.48. The van der Waals surface area contributed by atoms with Gasteiger partial charge in [0.05, 0.1) is 6.04 Å². The van der Waals surface area contributed by atoms with Gasteiger partial charge in [-0.3, -0.25) is 4.79 Å². The molecule has 1 aromatic rings. The largest absolute Gasteiger partial charge is 0.351 e. The predicted octanol–water partition coefficient (Wildman–Crippen LogP) is 2.46. The van der Waals surface area contributed by atoms with Gasteiger partial charge in [0.25, 0.3) is 0 Å². The summed E-state index contributed by atoms with van der Waals surface area (Å²) in [6.07, 6.45) is 2.70. The molecule has 0 heterocycles. The highest BCUT2D eigenvalue weighted by Gasteiger charge is 2.11. The molecule has 1 amide bonds. The number of carbonyl (C=O) groups is 1. The van der Waals surface area contributed by atoms with Gasteiger partial charge in [0, 0.05) is 6.54 Å². The molecule has 19 heavy (non-hydrogen) atoms. The minimum Gasteiger partial charge on any atom is -0.351 e. The Morgan fingerprint density at radius 1 is 1.32 bits per heavy atom. The van der Waals surface area contributed by atoms with Crippen LogP contribution in [0.25, 0.3) is 0 Å². The molecule has 2 atom stereocenters. The molecule has 0 saturated carbocycles. The van der Waals surface area contributed by atoms with E-state index >= 15 is 0 Å². The normalized spacial score (nSPS) is 13.6. The van der Waals surface area contributed by atoms with Crippen LogP contribution in [0.5, 0.6) is 0 Å². The van der Waals surface area contributed by atoms with Crippen LogP contribution in [0.15, 0.2) is 43.0 Å². The summed E-state index contributed by atoms with van der Waals surface area (Å²) < 4.78 is 0. The van der Waals surface area contributed by atoms with Crippen LogP contribution < -0.4 is 10.6 Å². The molecule has 0 aliphatic carbocycles. The molecule has 3 nitrogen and oxygen atoms in total. The van der Waals surface area contributed by atoms with Crippen LogP contribution in [0.4, 0.5) is 0 Å². The van der Waals surface area contributed by atoms with Crippen LogP contribution in [0.2, 0.25) is 0 Å². The SMILES string of the molecule is C=CCNC(=O)C(C)NCCC(C)c1ccccc1. The van der Waals surface area contributed by atoms with Gasteiger partial charge in [-0.15, -0.1) is 6.58 Å². The second-order valence-electron chi connectivity index (χ2n) is 4.81. The lowest BCUT2D eigenvalue weighted by Gasteiger charge is -2.16. The number of amides is 1. The van der Waals surface area contributed by atoms with Gasteiger partial charge >= 0.3 is 0 Å². The molecule has 0 aromatic heterocycles. The summed E-state index contributed by atoms with van der Waals surface area (Å²) in [7, 11) is 0. The van der Waals surface area contributed by atoms with Crippen molar-refractivity contribution in [3.05, 3.63) is 48.6 Å². The van der Waals surface area contributed by atoms with E-state index in [-0.39, 0.29) is 11.9 Å². The van der Waals surface area contributed by atoms with Gasteiger partial charge in [-0.2, -0.15) is 0 Å². The van der Waals surface area contributed by atoms with Crippen molar-refractivity contribution in [2.45, 2.75) is 32.2 Å². The van der Waals surface area contributed by atoms with Crippen LogP contribution in [0.1, 0.15) is 31.7 Å². The number of hydrogen-bond acceptors (Lipinski definition) is 2. The number of nitrogens with one attached hydrogen (secondary N) is 2. The standard InChI is InChI=1S/C16H24N2O/c1-4-11-18-16(19)14(3)17-12-10-13(2)15-8-6-5-7-9-15/h4-9,13-14,17H,1,10-12H2,2-3H3,(H,18,19). The highest BCUT2D eigenvalue weighted by molar-refractivity contribution is 5.81. The van der Waals surface area contributed by atoms with Crippen molar-refractivity contribution >= 4 is 5.91 Å². The molecule has 104 valence electrons. The maximum Gasteiger partial charge on any atom is 0.237 e. The van der Waals surface area contributed by atoms with Crippen molar-refractivity contribution < 1.29 is 4.79 Å². The Labute approximate surface area is 116 Å². The Morgan fingerprint density at radius 3 is 2.63 bits per heavy atom. The highest BCUT2D eigenvalue weighted by Crippen LogP contribution is 2.17. The van der Waals surface area contributed by atoms with Crippen molar-refractivity contribution in [2.24, 2.45) is 0 Å². The zero-order valence-corrected chi connectivity index (χ0v) is 11.9. The number of hydrogen-bond donors (Lipinski definition) is 2. The van der Waals surface area contributed by atoms with E-state index in [4.69, 9.17) is 0 Å². The Kier molecular flexibility index (Phi) is 6.90. The van der Waals surface area contributed by atoms with Gasteiger partial charge in [-0.1, -0.05) is 43.3 Å². The fourth-order valence-corrected chi connectivity index (χ4v) is 1.88. The molecule has 0 aliphatic rings. The van der Waals surface area contributed by atoms with Gasteiger partial charge in [0.1, 0.15) is 0 Å². The van der Waals surface area contributed by atoms with Gasteiger partial charge in [0.2, 0.25) is 5.91 Å². The molecule has 0 fully saturated rings. The molecule has 0 radical (unpaired) electrons. The molecule has 2 unspecified atom stereocenters. The smallest absolute Gasteiger partial charge is 0.237 e. The van der Waals surface area contributed by atoms with Crippen LogP contribution in [0.3, 0.4) is 0 Å². The summed E-state index contributed by atoms with van der Waals surface area (Å²) in [5.74, 6) is 0.518. The average molecular weight is 260 g/mol. The first-order chi connectivity index (χ1) is 9.15. The fourth-order valence-electron chi connectivity index (χ4n) is 1.88. The number of benzene rings is 1. The van der Waals surface area contributed by atoms with Crippen molar-refractivity contribution in [3.63, 3.8) is 0 Å². The lowest BCUT2D eigenvalue weighted by molar-refractivity contribution is -0.122. The van der Waals surface area contributed by atoms with Crippen molar-refractivity contribution in [1.82, 2.24) is 10.6 Å². The van der Waals surface area contributed by atoms with Gasteiger partial charge in [-0.25, -0.2) is 0 Å². The minimum atomic E-state index is -0.164. The first kappa shape index (κ1) is 15.4. The van der Waals surface area contributed by atoms with E-state index in [1.807, 2.05) is 13.0 Å². The van der Waals surface area contributed by atoms with Crippen LogP contribution in [0, 0.1) is 0 Å². The van der Waals surface area contributed by atoms with Crippen molar-refractivity contribution in [1.29, 1.82) is 0 Å². The number of rotatable bonds is 8. The Hall–Kier alpha value is -1.61. The molecule has 0 saturated heterocycles. The molecule has 3 heteroatoms. The summed E-state index contributed by atoms with van der Waals surface area (Å²) in [5.41, 5.74) is 1.34. The molecule has 0 bridgehead atoms. The van der Waals surface area contributed by atoms with E-state index in [2.05, 4.69) is 48.4 Å².